The lowest BCUT2D eigenvalue weighted by molar-refractivity contribution is -0.130. The van der Waals surface area contributed by atoms with Crippen molar-refractivity contribution in [2.45, 2.75) is 71.1 Å². The minimum absolute atomic E-state index is 0.0272. The van der Waals surface area contributed by atoms with E-state index in [1.54, 1.807) is 33.1 Å². The van der Waals surface area contributed by atoms with Gasteiger partial charge in [0.05, 0.1) is 39.3 Å². The van der Waals surface area contributed by atoms with E-state index in [9.17, 15) is 19.2 Å². The van der Waals surface area contributed by atoms with E-state index in [0.717, 1.165) is 51.2 Å². The number of likely N-dealkylation sites (N-methyl/N-ethyl adjacent to an activating group) is 3. The van der Waals surface area contributed by atoms with Gasteiger partial charge in [0, 0.05) is 52.9 Å². The van der Waals surface area contributed by atoms with Crippen molar-refractivity contribution in [1.29, 1.82) is 0 Å². The molecule has 0 aliphatic carbocycles. The highest BCUT2D eigenvalue weighted by Gasteiger charge is 2.20. The van der Waals surface area contributed by atoms with Crippen molar-refractivity contribution < 1.29 is 23.6 Å². The van der Waals surface area contributed by atoms with Crippen LogP contribution in [0.1, 0.15) is 52.4 Å². The molecule has 0 bridgehead atoms. The molecule has 48 heavy (non-hydrogen) atoms. The third-order valence-electron chi connectivity index (χ3n) is 8.35. The number of nitrogens with zero attached hydrogens (tertiary/aromatic N) is 5. The Morgan fingerprint density at radius 1 is 0.688 bits per heavy atom. The first-order valence-electron chi connectivity index (χ1n) is 18.1. The van der Waals surface area contributed by atoms with Crippen LogP contribution in [-0.2, 0) is 23.6 Å². The first-order valence-corrected chi connectivity index (χ1v) is 20.2. The Kier molecular flexibility index (Phi) is 24.9. The van der Waals surface area contributed by atoms with E-state index in [1.165, 1.54) is 6.42 Å². The normalized spacial score (nSPS) is 17.0. The lowest BCUT2D eigenvalue weighted by Gasteiger charge is -2.31. The zero-order valence-electron chi connectivity index (χ0n) is 31.4. The molecule has 0 aromatic heterocycles. The largest absolute Gasteiger partial charge is 0.415 e. The highest BCUT2D eigenvalue weighted by atomic mass is 28.3. The standard InChI is InChI=1S/C34H69N8O5Si/c1-30(2)47-48(7)23-11-9-8-10-14-37-33(45)28-41-17-12-15-39(26-31(43)24-35-3)19-20-40(27-32(44)25-36-4)16-13-18-42(22-21-41)29-34(46)38(5)6/h30,35-36H,8-29H2,1-7H3,(H,37,45). The first kappa shape index (κ1) is 44.2. The highest BCUT2D eigenvalue weighted by Crippen LogP contribution is 2.09. The van der Waals surface area contributed by atoms with Gasteiger partial charge in [0.15, 0.2) is 11.6 Å². The Bertz CT molecular complexity index is 913. The molecule has 279 valence electrons. The predicted molar refractivity (Wildman–Crippen MR) is 196 cm³/mol. The lowest BCUT2D eigenvalue weighted by Crippen LogP contribution is -2.47. The summed E-state index contributed by atoms with van der Waals surface area (Å²) < 4.78 is 5.91. The molecule has 1 rings (SSSR count). The molecule has 3 N–H and O–H groups in total. The molecule has 13 nitrogen and oxygen atoms in total. The third kappa shape index (κ3) is 22.8. The summed E-state index contributed by atoms with van der Waals surface area (Å²) in [6, 6.07) is 1.16. The van der Waals surface area contributed by atoms with E-state index in [0.29, 0.717) is 91.2 Å². The quantitative estimate of drug-likeness (QED) is 0.114. The van der Waals surface area contributed by atoms with Gasteiger partial charge < -0.3 is 25.3 Å². The molecule has 0 atom stereocenters. The van der Waals surface area contributed by atoms with Crippen molar-refractivity contribution in [1.82, 2.24) is 40.4 Å². The third-order valence-corrected chi connectivity index (χ3v) is 10.3. The van der Waals surface area contributed by atoms with Gasteiger partial charge in [0.25, 0.3) is 0 Å². The molecule has 0 saturated carbocycles. The zero-order valence-corrected chi connectivity index (χ0v) is 32.4. The lowest BCUT2D eigenvalue weighted by atomic mass is 10.2. The maximum Gasteiger partial charge on any atom is 0.236 e. The Labute approximate surface area is 293 Å². The Morgan fingerprint density at radius 3 is 1.60 bits per heavy atom. The molecule has 0 spiro atoms. The van der Waals surface area contributed by atoms with Gasteiger partial charge in [-0.25, -0.2) is 0 Å². The smallest absolute Gasteiger partial charge is 0.236 e. The average Bonchev–Trinajstić information content (AvgIpc) is 3.00. The van der Waals surface area contributed by atoms with E-state index < -0.39 is 9.04 Å². The molecule has 14 heteroatoms. The van der Waals surface area contributed by atoms with Crippen LogP contribution >= 0.6 is 0 Å². The maximum absolute atomic E-state index is 13.0. The summed E-state index contributed by atoms with van der Waals surface area (Å²) >= 11 is 0. The first-order chi connectivity index (χ1) is 22.9. The summed E-state index contributed by atoms with van der Waals surface area (Å²) in [6.45, 7) is 14.6. The SMILES string of the molecule is CNCC(=O)CN1CCCN(CC(=O)NCCCCCC[Si](C)OC(C)C)CCN(CC(=O)N(C)C)CCCN(CC(=O)CNC)CC1. The summed E-state index contributed by atoms with van der Waals surface area (Å²) in [5, 5.41) is 9.03. The number of hydrogen-bond donors (Lipinski definition) is 3. The van der Waals surface area contributed by atoms with E-state index in [4.69, 9.17) is 4.43 Å². The molecule has 0 aromatic rings. The molecule has 1 aliphatic heterocycles. The minimum atomic E-state index is -0.704. The van der Waals surface area contributed by atoms with Crippen LogP contribution in [0.2, 0.25) is 12.6 Å². The van der Waals surface area contributed by atoms with Crippen LogP contribution in [0.4, 0.5) is 0 Å². The Morgan fingerprint density at radius 2 is 1.15 bits per heavy atom. The molecule has 1 aliphatic rings. The molecular formula is C34H69N8O5Si. The fraction of sp³-hybridized carbons (Fsp3) is 0.882. The van der Waals surface area contributed by atoms with E-state index in [1.807, 2.05) is 0 Å². The molecular weight excluding hydrogens is 629 g/mol. The maximum atomic E-state index is 13.0. The molecule has 0 unspecified atom stereocenters. The summed E-state index contributed by atoms with van der Waals surface area (Å²) in [6.07, 6.45) is 6.31. The number of unbranched alkanes of at least 4 members (excludes halogenated alkanes) is 3. The number of ketones is 2. The second kappa shape index (κ2) is 27.0. The number of nitrogens with one attached hydrogen (secondary N) is 3. The number of rotatable bonds is 21. The predicted octanol–water partition coefficient (Wildman–Crippen LogP) is 0.376. The van der Waals surface area contributed by atoms with E-state index in [2.05, 4.69) is 55.9 Å². The van der Waals surface area contributed by atoms with E-state index >= 15 is 0 Å². The fourth-order valence-corrected chi connectivity index (χ4v) is 7.49. The van der Waals surface area contributed by atoms with Crippen LogP contribution in [0.15, 0.2) is 0 Å². The van der Waals surface area contributed by atoms with Gasteiger partial charge in [0.1, 0.15) is 0 Å². The Balaban J connectivity index is 2.85. The zero-order chi connectivity index (χ0) is 35.7. The van der Waals surface area contributed by atoms with Crippen molar-refractivity contribution in [3.63, 3.8) is 0 Å². The number of hydrogen-bond acceptors (Lipinski definition) is 11. The van der Waals surface area contributed by atoms with Crippen LogP contribution in [0.5, 0.6) is 0 Å². The van der Waals surface area contributed by atoms with Crippen LogP contribution < -0.4 is 16.0 Å². The number of Topliss-reactive ketones (excluding diaryl/α,β-unsaturated/α-hetero) is 2. The fourth-order valence-electron chi connectivity index (χ4n) is 5.82. The second-order valence-electron chi connectivity index (χ2n) is 13.6. The van der Waals surface area contributed by atoms with Crippen LogP contribution in [-0.4, -0.2) is 189 Å². The molecule has 2 amide bonds. The van der Waals surface area contributed by atoms with Gasteiger partial charge in [-0.1, -0.05) is 19.3 Å². The van der Waals surface area contributed by atoms with Gasteiger partial charge in [-0.3, -0.25) is 38.8 Å². The van der Waals surface area contributed by atoms with Crippen molar-refractivity contribution in [2.24, 2.45) is 0 Å². The number of carbonyl (C=O) groups excluding carboxylic acids is 4. The summed E-state index contributed by atoms with van der Waals surface area (Å²) in [5.41, 5.74) is 0. The summed E-state index contributed by atoms with van der Waals surface area (Å²) in [5.74, 6) is 0.341. The van der Waals surface area contributed by atoms with Crippen molar-refractivity contribution in [2.75, 3.05) is 126 Å². The number of amides is 2. The molecule has 1 radical (unpaired) electrons. The van der Waals surface area contributed by atoms with Crippen molar-refractivity contribution in [3.8, 4) is 0 Å². The second-order valence-corrected chi connectivity index (χ2v) is 15.8. The molecule has 1 heterocycles. The highest BCUT2D eigenvalue weighted by molar-refractivity contribution is 6.50. The molecule has 1 fully saturated rings. The van der Waals surface area contributed by atoms with Gasteiger partial charge in [-0.2, -0.15) is 0 Å². The summed E-state index contributed by atoms with van der Waals surface area (Å²) in [7, 11) is 6.39. The minimum Gasteiger partial charge on any atom is -0.415 e. The molecule has 1 saturated heterocycles. The Hall–Kier alpha value is -1.78. The monoisotopic (exact) mass is 698 g/mol. The molecule has 0 aromatic carbocycles. The van der Waals surface area contributed by atoms with Gasteiger partial charge in [-0.05, 0) is 86.0 Å². The van der Waals surface area contributed by atoms with Crippen molar-refractivity contribution >= 4 is 32.4 Å². The number of carbonyl (C=O) groups is 4. The van der Waals surface area contributed by atoms with E-state index in [-0.39, 0.29) is 23.4 Å². The van der Waals surface area contributed by atoms with Crippen LogP contribution in [0.3, 0.4) is 0 Å². The average molecular weight is 698 g/mol. The van der Waals surface area contributed by atoms with Gasteiger partial charge in [-0.15, -0.1) is 0 Å². The topological polar surface area (TPSA) is 130 Å². The van der Waals surface area contributed by atoms with Gasteiger partial charge in [0.2, 0.25) is 20.9 Å². The van der Waals surface area contributed by atoms with Gasteiger partial charge >= 0.3 is 0 Å². The van der Waals surface area contributed by atoms with Crippen molar-refractivity contribution in [3.05, 3.63) is 0 Å². The summed E-state index contributed by atoms with van der Waals surface area (Å²) in [4.78, 5) is 61.2. The van der Waals surface area contributed by atoms with Crippen LogP contribution in [0, 0.1) is 0 Å². The van der Waals surface area contributed by atoms with Crippen LogP contribution in [0.25, 0.3) is 0 Å².